The van der Waals surface area contributed by atoms with Crippen molar-refractivity contribution in [1.29, 1.82) is 0 Å². The largest absolute Gasteiger partial charge is 0.520 e. The van der Waals surface area contributed by atoms with Gasteiger partial charge in [-0.2, -0.15) is 6.41 Å². The average Bonchev–Trinajstić information content (AvgIpc) is 2.86. The predicted molar refractivity (Wildman–Crippen MR) is 131 cm³/mol. The smallest absolute Gasteiger partial charge is 0.514 e. The molecule has 0 radical (unpaired) electrons. The van der Waals surface area contributed by atoms with Gasteiger partial charge in [0.25, 0.3) is 5.69 Å². The molecule has 1 unspecified atom stereocenters. The maximum Gasteiger partial charge on any atom is 0.514 e. The number of rotatable bonds is 11. The van der Waals surface area contributed by atoms with Crippen molar-refractivity contribution in [1.82, 2.24) is 10.6 Å². The summed E-state index contributed by atoms with van der Waals surface area (Å²) in [6, 6.07) is 10.6. The van der Waals surface area contributed by atoms with Crippen molar-refractivity contribution < 1.29 is 33.6 Å². The second kappa shape index (κ2) is 16.2. The molecule has 0 saturated heterocycles. The van der Waals surface area contributed by atoms with Crippen LogP contribution in [0.2, 0.25) is 0 Å². The predicted octanol–water partition coefficient (Wildman–Crippen LogP) is 3.07. The average molecular weight is 759 g/mol. The van der Waals surface area contributed by atoms with E-state index in [1.165, 1.54) is 30.7 Å². The fraction of sp³-hybridized carbons (Fsp3) is 0.333. The van der Waals surface area contributed by atoms with Gasteiger partial charge in [0.2, 0.25) is 11.8 Å². The summed E-state index contributed by atoms with van der Waals surface area (Å²) in [7, 11) is 0. The van der Waals surface area contributed by atoms with Gasteiger partial charge in [-0.3, -0.25) is 19.7 Å². The van der Waals surface area contributed by atoms with Crippen molar-refractivity contribution in [2.45, 2.75) is 40.3 Å². The molecule has 0 fully saturated rings. The summed E-state index contributed by atoms with van der Waals surface area (Å²) in [5.74, 6) is -1.05. The number of nitro groups is 1. The maximum absolute atomic E-state index is 12.1. The topological polar surface area (TPSA) is 166 Å². The van der Waals surface area contributed by atoms with Gasteiger partial charge in [-0.1, -0.05) is 39.8 Å². The number of nitrogens with zero attached hydrogens (tertiary/aromatic N) is 1. The third kappa shape index (κ3) is 11.0. The number of carbonyl (C=O) groups is 3. The van der Waals surface area contributed by atoms with Crippen LogP contribution in [0.25, 0.3) is 0 Å². The van der Waals surface area contributed by atoms with Crippen LogP contribution < -0.4 is 20.7 Å². The van der Waals surface area contributed by atoms with E-state index in [-0.39, 0.29) is 30.5 Å². The SMILES string of the molecule is CC.CC(C)C(N[C-]=O)C(=O)NCC(=O)Nc1ccc(COC(=O)Oc2ccc([N+](=O)[O-])cc2)cc1.[Fm]. The molecule has 2 aromatic carbocycles. The molecule has 0 aromatic heterocycles. The molecule has 206 valence electrons. The van der Waals surface area contributed by atoms with Gasteiger partial charge in [0.1, 0.15) is 12.4 Å². The maximum atomic E-state index is 12.1. The van der Waals surface area contributed by atoms with Crippen LogP contribution in [0.5, 0.6) is 5.75 Å². The zero-order valence-electron chi connectivity index (χ0n) is 20.7. The van der Waals surface area contributed by atoms with Gasteiger partial charge in [0.15, 0.2) is 0 Å². The Morgan fingerprint density at radius 1 is 1.03 bits per heavy atom. The number of nitro benzene ring substituents is 1. The number of nitrogens with one attached hydrogen (secondary N) is 3. The molecule has 0 bridgehead atoms. The molecule has 12 nitrogen and oxygen atoms in total. The van der Waals surface area contributed by atoms with Crippen molar-refractivity contribution in [2.24, 2.45) is 5.92 Å². The molecule has 0 aliphatic carbocycles. The van der Waals surface area contributed by atoms with E-state index in [9.17, 15) is 29.3 Å². The summed E-state index contributed by atoms with van der Waals surface area (Å²) in [4.78, 5) is 56.4. The molecular weight excluding hydrogens is 729 g/mol. The number of hydrogen-bond acceptors (Lipinski definition) is 8. The van der Waals surface area contributed by atoms with Crippen molar-refractivity contribution in [3.05, 3.63) is 64.2 Å². The van der Waals surface area contributed by atoms with Crippen molar-refractivity contribution in [3.8, 4) is 5.75 Å². The van der Waals surface area contributed by atoms with Gasteiger partial charge in [-0.15, -0.1) is 0 Å². The Bertz CT molecular complexity index is 1030. The minimum Gasteiger partial charge on any atom is -0.520 e. The monoisotopic (exact) mass is 758 g/mol. The molecule has 0 saturated carbocycles. The summed E-state index contributed by atoms with van der Waals surface area (Å²) in [5, 5.41) is 18.0. The first kappa shape index (κ1) is 31.5. The van der Waals surface area contributed by atoms with Gasteiger partial charge in [0.05, 0.1) is 17.5 Å². The Morgan fingerprint density at radius 3 is 2.14 bits per heavy atom. The summed E-state index contributed by atoms with van der Waals surface area (Å²) in [5.41, 5.74) is 0.933. The second-order valence-corrected chi connectivity index (χ2v) is 7.32. The first-order valence-corrected chi connectivity index (χ1v) is 11.1. The van der Waals surface area contributed by atoms with Crippen molar-refractivity contribution >= 4 is 35.8 Å². The fourth-order valence-electron chi connectivity index (χ4n) is 2.67. The number of amides is 3. The van der Waals surface area contributed by atoms with E-state index in [1.807, 2.05) is 13.8 Å². The molecule has 3 amide bonds. The van der Waals surface area contributed by atoms with E-state index < -0.39 is 28.9 Å². The van der Waals surface area contributed by atoms with Gasteiger partial charge in [-0.25, -0.2) is 4.79 Å². The van der Waals surface area contributed by atoms with Crippen LogP contribution >= 0.6 is 0 Å². The summed E-state index contributed by atoms with van der Waals surface area (Å²) in [6.45, 7) is 7.10. The standard InChI is InChI=1S/C22H23N4O8.C2H6.Fm/c1-14(2)20(24-13-27)21(29)23-11-19(28)25-16-5-3-15(4-6-16)12-33-22(30)34-18-9-7-17(8-10-18)26(31)32;1-2;/h3-10,14,20H,11-12H2,1-2H3,(H,23,29)(H,24,27)(H,25,28);1-2H3;/q-1;;. The quantitative estimate of drug-likeness (QED) is 0.0786. The molecule has 1 atom stereocenters. The molecule has 0 aliphatic heterocycles. The van der Waals surface area contributed by atoms with Gasteiger partial charge in [-0.05, 0) is 35.7 Å². The van der Waals surface area contributed by atoms with Gasteiger partial charge < -0.3 is 30.2 Å². The minimum absolute atomic E-state index is 0. The number of carbonyl (C=O) groups excluding carboxylic acids is 4. The number of non-ortho nitro benzene ring substituents is 1. The first-order chi connectivity index (χ1) is 17.2. The molecule has 0 heterocycles. The molecule has 2 aromatic rings. The normalized spacial score (nSPS) is 10.4. The van der Waals surface area contributed by atoms with Crippen LogP contribution in [0.15, 0.2) is 48.5 Å². The molecule has 37 heavy (non-hydrogen) atoms. The number of hydrogen-bond donors (Lipinski definition) is 3. The van der Waals surface area contributed by atoms with E-state index in [1.54, 1.807) is 38.1 Å². The molecule has 0 aliphatic rings. The second-order valence-electron chi connectivity index (χ2n) is 7.32. The summed E-state index contributed by atoms with van der Waals surface area (Å²) in [6.07, 6.45) is 0.492. The summed E-state index contributed by atoms with van der Waals surface area (Å²) >= 11 is 0. The van der Waals surface area contributed by atoms with E-state index in [0.29, 0.717) is 11.3 Å². The van der Waals surface area contributed by atoms with E-state index >= 15 is 0 Å². The Morgan fingerprint density at radius 2 is 1.62 bits per heavy atom. The third-order valence-electron chi connectivity index (χ3n) is 4.43. The Labute approximate surface area is 208 Å². The zero-order chi connectivity index (χ0) is 27.1. The van der Waals surface area contributed by atoms with Crippen molar-refractivity contribution in [3.63, 3.8) is 0 Å². The van der Waals surface area contributed by atoms with Crippen LogP contribution in [0.4, 0.5) is 16.2 Å². The molecule has 0 spiro atoms. The van der Waals surface area contributed by atoms with E-state index in [4.69, 9.17) is 9.47 Å². The van der Waals surface area contributed by atoms with E-state index in [2.05, 4.69) is 16.0 Å². The fourth-order valence-corrected chi connectivity index (χ4v) is 2.67. The molecule has 2 rings (SSSR count). The Hall–Kier alpha value is -5.48. The summed E-state index contributed by atoms with van der Waals surface area (Å²) < 4.78 is 9.93. The van der Waals surface area contributed by atoms with E-state index in [0.717, 1.165) is 0 Å². The number of ether oxygens (including phenoxy) is 2. The minimum atomic E-state index is -0.983. The van der Waals surface area contributed by atoms with Gasteiger partial charge >= 0.3 is 6.16 Å². The van der Waals surface area contributed by atoms with Crippen LogP contribution in [-0.2, 0) is 25.7 Å². The van der Waals surface area contributed by atoms with Crippen LogP contribution in [0.3, 0.4) is 0 Å². The van der Waals surface area contributed by atoms with Crippen molar-refractivity contribution in [2.75, 3.05) is 11.9 Å². The zero-order valence-corrected chi connectivity index (χ0v) is 23.1. The Kier molecular flexibility index (Phi) is 13.8. The molecule has 3 N–H and O–H groups in total. The van der Waals surface area contributed by atoms with Crippen LogP contribution in [0, 0.1) is 16.0 Å². The van der Waals surface area contributed by atoms with Crippen LogP contribution in [-0.4, -0.2) is 41.9 Å². The number of anilines is 1. The molecular formula is C24H29FmN4O8-. The Balaban J connectivity index is 0.00000421. The molecule has 13 heteroatoms. The first-order valence-electron chi connectivity index (χ1n) is 11.1. The number of benzene rings is 2. The van der Waals surface area contributed by atoms with Gasteiger partial charge in [0, 0.05) is 17.8 Å². The van der Waals surface area contributed by atoms with Crippen LogP contribution in [0.1, 0.15) is 33.3 Å². The third-order valence-corrected chi connectivity index (χ3v) is 4.43.